The maximum Gasteiger partial charge on any atom is 0.241 e. The van der Waals surface area contributed by atoms with Crippen LogP contribution in [-0.4, -0.2) is 44.2 Å². The summed E-state index contributed by atoms with van der Waals surface area (Å²) in [6.07, 6.45) is 9.31. The first-order valence-corrected chi connectivity index (χ1v) is 10.1. The van der Waals surface area contributed by atoms with Crippen molar-refractivity contribution in [2.24, 2.45) is 5.92 Å². The average Bonchev–Trinajstić information content (AvgIpc) is 3.27. The van der Waals surface area contributed by atoms with Crippen LogP contribution in [0.3, 0.4) is 0 Å². The second-order valence-corrected chi connectivity index (χ2v) is 7.91. The number of carbonyl (C=O) groups is 1. The fourth-order valence-electron chi connectivity index (χ4n) is 4.80. The van der Waals surface area contributed by atoms with Gasteiger partial charge < -0.3 is 4.90 Å². The Bertz CT molecular complexity index is 819. The fraction of sp³-hybridized carbons (Fsp3) is 0.550. The Morgan fingerprint density at radius 1 is 1.07 bits per heavy atom. The number of aromatic nitrogens is 3. The summed E-state index contributed by atoms with van der Waals surface area (Å²) in [5.74, 6) is 0.656. The highest BCUT2D eigenvalue weighted by Gasteiger charge is 2.42. The van der Waals surface area contributed by atoms with Gasteiger partial charge in [-0.15, -0.1) is 0 Å². The molecule has 0 radical (unpaired) electrons. The van der Waals surface area contributed by atoms with E-state index in [2.05, 4.69) is 26.6 Å². The highest BCUT2D eigenvalue weighted by atomic mass is 16.2. The average molecular weight is 366 g/mol. The molecule has 142 valence electrons. The first kappa shape index (κ1) is 16.9. The maximum absolute atomic E-state index is 13.3. The third kappa shape index (κ3) is 3.15. The molecule has 2 aromatic rings. The highest BCUT2D eigenvalue weighted by molar-refractivity contribution is 5.82. The van der Waals surface area contributed by atoms with Crippen LogP contribution < -0.4 is 10.9 Å². The molecule has 1 saturated carbocycles. The van der Waals surface area contributed by atoms with Gasteiger partial charge in [0.25, 0.3) is 0 Å². The molecule has 27 heavy (non-hydrogen) atoms. The van der Waals surface area contributed by atoms with E-state index in [9.17, 15) is 4.79 Å². The first-order chi connectivity index (χ1) is 13.3. The Hall–Kier alpha value is -2.25. The molecular formula is C20H26N6O. The van der Waals surface area contributed by atoms with Crippen LogP contribution in [0.4, 0.5) is 0 Å². The zero-order valence-corrected chi connectivity index (χ0v) is 15.5. The lowest BCUT2D eigenvalue weighted by Gasteiger charge is -2.30. The number of hydrogen-bond acceptors (Lipinski definition) is 5. The second-order valence-electron chi connectivity index (χ2n) is 7.91. The molecule has 2 fully saturated rings. The summed E-state index contributed by atoms with van der Waals surface area (Å²) in [5, 5.41) is 4.76. The Morgan fingerprint density at radius 2 is 1.93 bits per heavy atom. The van der Waals surface area contributed by atoms with Crippen molar-refractivity contribution in [1.29, 1.82) is 0 Å². The van der Waals surface area contributed by atoms with E-state index in [0.29, 0.717) is 18.5 Å². The molecule has 3 aliphatic rings. The fourth-order valence-corrected chi connectivity index (χ4v) is 4.80. The number of fused-ring (bicyclic) bond motifs is 2. The van der Waals surface area contributed by atoms with Crippen molar-refractivity contribution in [3.63, 3.8) is 0 Å². The third-order valence-corrected chi connectivity index (χ3v) is 6.24. The largest absolute Gasteiger partial charge is 0.335 e. The Balaban J connectivity index is 1.35. The van der Waals surface area contributed by atoms with Gasteiger partial charge in [-0.2, -0.15) is 5.10 Å². The minimum atomic E-state index is -0.0931. The number of hydrogen-bond donors (Lipinski definition) is 2. The predicted molar refractivity (Wildman–Crippen MR) is 101 cm³/mol. The quantitative estimate of drug-likeness (QED) is 0.846. The van der Waals surface area contributed by atoms with E-state index in [1.807, 2.05) is 17.0 Å². The van der Waals surface area contributed by atoms with Crippen molar-refractivity contribution in [2.75, 3.05) is 6.54 Å². The highest BCUT2D eigenvalue weighted by Crippen LogP contribution is 2.31. The van der Waals surface area contributed by atoms with Gasteiger partial charge in [-0.3, -0.25) is 19.9 Å². The molecule has 7 heteroatoms. The van der Waals surface area contributed by atoms with Crippen LogP contribution in [0.2, 0.25) is 0 Å². The minimum Gasteiger partial charge on any atom is -0.335 e. The van der Waals surface area contributed by atoms with E-state index in [0.717, 1.165) is 42.9 Å². The summed E-state index contributed by atoms with van der Waals surface area (Å²) < 4.78 is 2.06. The van der Waals surface area contributed by atoms with Gasteiger partial charge in [0.2, 0.25) is 5.91 Å². The number of pyridine rings is 1. The van der Waals surface area contributed by atoms with Crippen molar-refractivity contribution in [3.8, 4) is 11.3 Å². The molecule has 0 spiro atoms. The predicted octanol–water partition coefficient (Wildman–Crippen LogP) is 1.71. The maximum atomic E-state index is 13.3. The van der Waals surface area contributed by atoms with Crippen molar-refractivity contribution in [1.82, 2.24) is 30.5 Å². The van der Waals surface area contributed by atoms with Gasteiger partial charge in [-0.05, 0) is 37.5 Å². The van der Waals surface area contributed by atoms with Crippen molar-refractivity contribution in [3.05, 3.63) is 36.3 Å². The number of nitrogens with one attached hydrogen (secondary N) is 2. The molecule has 1 amide bonds. The SMILES string of the molecule is O=C(C1NNC2CCCCC21)N1CCCn2nc(-c3ccncc3)cc2C1. The normalized spacial score (nSPS) is 27.7. The smallest absolute Gasteiger partial charge is 0.241 e. The molecule has 1 aliphatic carbocycles. The molecule has 3 atom stereocenters. The van der Waals surface area contributed by atoms with E-state index in [1.165, 1.54) is 19.3 Å². The molecule has 0 aromatic carbocycles. The van der Waals surface area contributed by atoms with Gasteiger partial charge in [-0.25, -0.2) is 5.43 Å². The summed E-state index contributed by atoms with van der Waals surface area (Å²) in [7, 11) is 0. The van der Waals surface area contributed by atoms with Crippen LogP contribution in [0.15, 0.2) is 30.6 Å². The Kier molecular flexibility index (Phi) is 4.41. The Labute approximate surface area is 159 Å². The zero-order valence-electron chi connectivity index (χ0n) is 15.5. The molecular weight excluding hydrogens is 340 g/mol. The van der Waals surface area contributed by atoms with E-state index in [4.69, 9.17) is 5.10 Å². The summed E-state index contributed by atoms with van der Waals surface area (Å²) >= 11 is 0. The van der Waals surface area contributed by atoms with Crippen LogP contribution >= 0.6 is 0 Å². The van der Waals surface area contributed by atoms with Gasteiger partial charge >= 0.3 is 0 Å². The molecule has 2 N–H and O–H groups in total. The topological polar surface area (TPSA) is 75.1 Å². The van der Waals surface area contributed by atoms with Crippen LogP contribution in [0.5, 0.6) is 0 Å². The standard InChI is InChI=1S/C20H26N6O/c27-20(19-16-4-1-2-5-17(16)22-23-19)25-10-3-11-26-15(13-25)12-18(24-26)14-6-8-21-9-7-14/h6-9,12,16-17,19,22-23H,1-5,10-11,13H2. The van der Waals surface area contributed by atoms with E-state index in [-0.39, 0.29) is 11.9 Å². The van der Waals surface area contributed by atoms with Crippen molar-refractivity contribution in [2.45, 2.75) is 57.3 Å². The van der Waals surface area contributed by atoms with E-state index in [1.54, 1.807) is 12.4 Å². The van der Waals surface area contributed by atoms with Gasteiger partial charge in [0.1, 0.15) is 6.04 Å². The Morgan fingerprint density at radius 3 is 2.81 bits per heavy atom. The molecule has 2 aliphatic heterocycles. The number of aryl methyl sites for hydroxylation is 1. The van der Waals surface area contributed by atoms with Gasteiger partial charge in [0.05, 0.1) is 17.9 Å². The molecule has 7 nitrogen and oxygen atoms in total. The van der Waals surface area contributed by atoms with Crippen LogP contribution in [0.25, 0.3) is 11.3 Å². The molecule has 5 rings (SSSR count). The summed E-state index contributed by atoms with van der Waals surface area (Å²) in [6, 6.07) is 6.42. The molecule has 3 unspecified atom stereocenters. The molecule has 0 bridgehead atoms. The van der Waals surface area contributed by atoms with Crippen molar-refractivity contribution >= 4 is 5.91 Å². The summed E-state index contributed by atoms with van der Waals surface area (Å²) in [5.41, 5.74) is 9.80. The van der Waals surface area contributed by atoms with E-state index >= 15 is 0 Å². The van der Waals surface area contributed by atoms with Gasteiger partial charge in [0.15, 0.2) is 0 Å². The summed E-state index contributed by atoms with van der Waals surface area (Å²) in [4.78, 5) is 19.4. The lowest BCUT2D eigenvalue weighted by Crippen LogP contribution is -2.47. The van der Waals surface area contributed by atoms with Crippen LogP contribution in [0, 0.1) is 5.92 Å². The van der Waals surface area contributed by atoms with Gasteiger partial charge in [0, 0.05) is 43.0 Å². The van der Waals surface area contributed by atoms with Crippen LogP contribution in [0.1, 0.15) is 37.8 Å². The third-order valence-electron chi connectivity index (χ3n) is 6.24. The van der Waals surface area contributed by atoms with Crippen LogP contribution in [-0.2, 0) is 17.9 Å². The number of rotatable bonds is 2. The number of nitrogens with zero attached hydrogens (tertiary/aromatic N) is 4. The summed E-state index contributed by atoms with van der Waals surface area (Å²) in [6.45, 7) is 2.28. The van der Waals surface area contributed by atoms with Crippen molar-refractivity contribution < 1.29 is 4.79 Å². The minimum absolute atomic E-state index is 0.0931. The molecule has 1 saturated heterocycles. The lowest BCUT2D eigenvalue weighted by atomic mass is 9.81. The number of amides is 1. The number of carbonyl (C=O) groups excluding carboxylic acids is 1. The first-order valence-electron chi connectivity index (χ1n) is 10.1. The second kappa shape index (κ2) is 7.05. The molecule has 4 heterocycles. The molecule has 2 aromatic heterocycles. The lowest BCUT2D eigenvalue weighted by molar-refractivity contribution is -0.135. The van der Waals surface area contributed by atoms with E-state index < -0.39 is 0 Å². The number of hydrazine groups is 1. The zero-order chi connectivity index (χ0) is 18.2. The van der Waals surface area contributed by atoms with Gasteiger partial charge in [-0.1, -0.05) is 12.8 Å². The monoisotopic (exact) mass is 366 g/mol.